The molecule has 1 aromatic carbocycles. The van der Waals surface area contributed by atoms with Crippen LogP contribution < -0.4 is 0 Å². The van der Waals surface area contributed by atoms with Crippen molar-refractivity contribution in [3.05, 3.63) is 47.0 Å². The quantitative estimate of drug-likeness (QED) is 0.617. The summed E-state index contributed by atoms with van der Waals surface area (Å²) in [4.78, 5) is 22.5. The van der Waals surface area contributed by atoms with Crippen molar-refractivity contribution < 1.29 is 18.0 Å². The summed E-state index contributed by atoms with van der Waals surface area (Å²) < 4.78 is 41.2. The van der Waals surface area contributed by atoms with Gasteiger partial charge in [0.1, 0.15) is 20.8 Å². The Morgan fingerprint density at radius 1 is 1.07 bits per heavy atom. The van der Waals surface area contributed by atoms with Gasteiger partial charge in [0.05, 0.1) is 11.9 Å². The zero-order valence-electron chi connectivity index (χ0n) is 14.3. The van der Waals surface area contributed by atoms with Crippen LogP contribution in [0, 0.1) is 0 Å². The topological polar surface area (TPSA) is 46.1 Å². The van der Waals surface area contributed by atoms with Crippen LogP contribution in [0.3, 0.4) is 0 Å². The molecule has 0 N–H and O–H groups in total. The smallest absolute Gasteiger partial charge is 0.338 e. The van der Waals surface area contributed by atoms with E-state index < -0.39 is 17.6 Å². The van der Waals surface area contributed by atoms with Crippen LogP contribution in [-0.4, -0.2) is 33.9 Å². The van der Waals surface area contributed by atoms with E-state index in [1.165, 1.54) is 11.1 Å². The molecule has 0 spiro atoms. The normalized spacial score (nSPS) is 15.3. The monoisotopic (exact) mass is 391 g/mol. The first-order valence-corrected chi connectivity index (χ1v) is 9.48. The number of thiophene rings is 1. The van der Waals surface area contributed by atoms with Gasteiger partial charge < -0.3 is 4.90 Å². The highest BCUT2D eigenvalue weighted by Crippen LogP contribution is 2.42. The van der Waals surface area contributed by atoms with Crippen molar-refractivity contribution >= 4 is 27.6 Å². The Bertz CT molecular complexity index is 979. The molecule has 1 amide bonds. The number of piperidine rings is 1. The second kappa shape index (κ2) is 6.92. The third kappa shape index (κ3) is 3.41. The molecule has 27 heavy (non-hydrogen) atoms. The third-order valence-corrected chi connectivity index (χ3v) is 5.65. The van der Waals surface area contributed by atoms with Gasteiger partial charge in [-0.05, 0) is 19.3 Å². The summed E-state index contributed by atoms with van der Waals surface area (Å²) in [5, 5.41) is 0. The summed E-state index contributed by atoms with van der Waals surface area (Å²) >= 11 is 0.777. The Morgan fingerprint density at radius 2 is 1.78 bits per heavy atom. The van der Waals surface area contributed by atoms with Gasteiger partial charge in [0.15, 0.2) is 0 Å². The van der Waals surface area contributed by atoms with E-state index in [-0.39, 0.29) is 15.2 Å². The van der Waals surface area contributed by atoms with Gasteiger partial charge in [0.25, 0.3) is 5.91 Å². The van der Waals surface area contributed by atoms with Gasteiger partial charge in [-0.2, -0.15) is 13.2 Å². The first-order valence-electron chi connectivity index (χ1n) is 8.66. The second-order valence-corrected chi connectivity index (χ2v) is 7.43. The molecule has 0 saturated carbocycles. The fourth-order valence-electron chi connectivity index (χ4n) is 3.27. The molecule has 2 aromatic heterocycles. The molecule has 140 valence electrons. The summed E-state index contributed by atoms with van der Waals surface area (Å²) in [5.41, 5.74) is 0.0190. The SMILES string of the molecule is O=C(c1sc2nc(-c3ccccc3)cnc2c1C(F)(F)F)N1CCCCC1. The van der Waals surface area contributed by atoms with Crippen LogP contribution in [0.5, 0.6) is 0 Å². The zero-order chi connectivity index (χ0) is 19.0. The average Bonchev–Trinajstić information content (AvgIpc) is 3.08. The Kier molecular flexibility index (Phi) is 4.59. The van der Waals surface area contributed by atoms with Crippen LogP contribution in [0.1, 0.15) is 34.5 Å². The minimum atomic E-state index is -4.66. The Labute approximate surface area is 157 Å². The standard InChI is InChI=1S/C19H16F3N3OS/c20-19(21,22)14-15-17(24-13(11-23-15)12-7-3-1-4-8-12)27-16(14)18(26)25-9-5-2-6-10-25/h1,3-4,7-8,11H,2,5-6,9-10H2. The molecule has 1 saturated heterocycles. The number of rotatable bonds is 2. The Morgan fingerprint density at radius 3 is 2.44 bits per heavy atom. The molecule has 0 aliphatic carbocycles. The number of likely N-dealkylation sites (tertiary alicyclic amines) is 1. The Balaban J connectivity index is 1.83. The molecule has 4 nitrogen and oxygen atoms in total. The van der Waals surface area contributed by atoms with Crippen LogP contribution in [0.4, 0.5) is 13.2 Å². The first-order chi connectivity index (χ1) is 12.9. The second-order valence-electron chi connectivity index (χ2n) is 6.43. The van der Waals surface area contributed by atoms with E-state index in [4.69, 9.17) is 0 Å². The van der Waals surface area contributed by atoms with Gasteiger partial charge in [-0.1, -0.05) is 30.3 Å². The minimum Gasteiger partial charge on any atom is -0.338 e. The van der Waals surface area contributed by atoms with Gasteiger partial charge in [-0.3, -0.25) is 9.78 Å². The largest absolute Gasteiger partial charge is 0.420 e. The van der Waals surface area contributed by atoms with Gasteiger partial charge in [-0.15, -0.1) is 11.3 Å². The van der Waals surface area contributed by atoms with Gasteiger partial charge >= 0.3 is 6.18 Å². The zero-order valence-corrected chi connectivity index (χ0v) is 15.1. The molecule has 3 aromatic rings. The lowest BCUT2D eigenvalue weighted by molar-refractivity contribution is -0.136. The minimum absolute atomic E-state index is 0.129. The van der Waals surface area contributed by atoms with Crippen molar-refractivity contribution in [3.8, 4) is 11.3 Å². The van der Waals surface area contributed by atoms with E-state index in [2.05, 4.69) is 9.97 Å². The molecule has 0 unspecified atom stereocenters. The van der Waals surface area contributed by atoms with Crippen LogP contribution >= 0.6 is 11.3 Å². The number of fused-ring (bicyclic) bond motifs is 1. The number of alkyl halides is 3. The van der Waals surface area contributed by atoms with Crippen molar-refractivity contribution in [1.29, 1.82) is 0 Å². The summed E-state index contributed by atoms with van der Waals surface area (Å²) in [6.45, 7) is 0.973. The summed E-state index contributed by atoms with van der Waals surface area (Å²) in [5.74, 6) is -0.576. The maximum Gasteiger partial charge on any atom is 0.420 e. The van der Waals surface area contributed by atoms with E-state index >= 15 is 0 Å². The number of nitrogens with zero attached hydrogens (tertiary/aromatic N) is 3. The fraction of sp³-hybridized carbons (Fsp3) is 0.316. The molecule has 3 heterocycles. The van der Waals surface area contributed by atoms with Crippen LogP contribution in [0.25, 0.3) is 21.6 Å². The molecule has 1 fully saturated rings. The molecule has 8 heteroatoms. The maximum atomic E-state index is 13.7. The maximum absolute atomic E-state index is 13.7. The van der Waals surface area contributed by atoms with Gasteiger partial charge in [0, 0.05) is 18.7 Å². The molecule has 0 bridgehead atoms. The molecule has 0 atom stereocenters. The van der Waals surface area contributed by atoms with Crippen molar-refractivity contribution in [2.75, 3.05) is 13.1 Å². The van der Waals surface area contributed by atoms with Crippen LogP contribution in [-0.2, 0) is 6.18 Å². The molecule has 1 aliphatic heterocycles. The predicted molar refractivity (Wildman–Crippen MR) is 97.6 cm³/mol. The number of carbonyl (C=O) groups is 1. The van der Waals surface area contributed by atoms with E-state index in [0.29, 0.717) is 18.8 Å². The lowest BCUT2D eigenvalue weighted by Crippen LogP contribution is -2.36. The van der Waals surface area contributed by atoms with E-state index in [9.17, 15) is 18.0 Å². The van der Waals surface area contributed by atoms with E-state index in [1.807, 2.05) is 30.3 Å². The molecular weight excluding hydrogens is 375 g/mol. The predicted octanol–water partition coefficient (Wildman–Crippen LogP) is 5.00. The van der Waals surface area contributed by atoms with E-state index in [0.717, 1.165) is 36.2 Å². The highest BCUT2D eigenvalue weighted by molar-refractivity contribution is 7.20. The first kappa shape index (κ1) is 17.9. The number of halogens is 3. The number of benzene rings is 1. The number of amides is 1. The highest BCUT2D eigenvalue weighted by atomic mass is 32.1. The van der Waals surface area contributed by atoms with Crippen molar-refractivity contribution in [2.45, 2.75) is 25.4 Å². The number of aromatic nitrogens is 2. The van der Waals surface area contributed by atoms with Crippen molar-refractivity contribution in [2.24, 2.45) is 0 Å². The lowest BCUT2D eigenvalue weighted by Gasteiger charge is -2.26. The van der Waals surface area contributed by atoms with Crippen LogP contribution in [0.2, 0.25) is 0 Å². The summed E-state index contributed by atoms with van der Waals surface area (Å²) in [7, 11) is 0. The fourth-order valence-corrected chi connectivity index (χ4v) is 4.39. The van der Waals surface area contributed by atoms with Gasteiger partial charge in [-0.25, -0.2) is 4.98 Å². The Hall–Kier alpha value is -2.48. The van der Waals surface area contributed by atoms with Crippen molar-refractivity contribution in [3.63, 3.8) is 0 Å². The number of hydrogen-bond acceptors (Lipinski definition) is 4. The van der Waals surface area contributed by atoms with E-state index in [1.54, 1.807) is 0 Å². The molecular formula is C19H16F3N3OS. The molecule has 4 rings (SSSR count). The molecule has 0 radical (unpaired) electrons. The number of hydrogen-bond donors (Lipinski definition) is 0. The molecule has 1 aliphatic rings. The van der Waals surface area contributed by atoms with Crippen LogP contribution in [0.15, 0.2) is 36.5 Å². The number of carbonyl (C=O) groups excluding carboxylic acids is 1. The summed E-state index contributed by atoms with van der Waals surface area (Å²) in [6.07, 6.45) is -0.720. The van der Waals surface area contributed by atoms with Crippen molar-refractivity contribution in [1.82, 2.24) is 14.9 Å². The third-order valence-electron chi connectivity index (χ3n) is 4.59. The average molecular weight is 391 g/mol. The lowest BCUT2D eigenvalue weighted by atomic mass is 10.1. The van der Waals surface area contributed by atoms with Gasteiger partial charge in [0.2, 0.25) is 0 Å². The highest BCUT2D eigenvalue weighted by Gasteiger charge is 2.41. The summed E-state index contributed by atoms with van der Waals surface area (Å²) in [6, 6.07) is 9.11.